The Morgan fingerprint density at radius 1 is 1.45 bits per heavy atom. The first-order valence-corrected chi connectivity index (χ1v) is 6.25. The maximum absolute atomic E-state index is 14.3. The molecule has 2 aromatic heterocycles. The van der Waals surface area contributed by atoms with Gasteiger partial charge < -0.3 is 25.8 Å². The van der Waals surface area contributed by atoms with Gasteiger partial charge in [0.2, 0.25) is 5.60 Å². The van der Waals surface area contributed by atoms with E-state index in [0.717, 1.165) is 10.8 Å². The molecule has 4 atom stereocenters. The predicted molar refractivity (Wildman–Crippen MR) is 68.7 cm³/mol. The molecular weight excluding hydrogens is 297 g/mol. The Hall–Kier alpha value is -2.32. The van der Waals surface area contributed by atoms with Crippen molar-refractivity contribution >= 4 is 11.3 Å². The number of nitrogens with zero attached hydrogens (tertiary/aromatic N) is 4. The smallest absolute Gasteiger partial charge is 0.263 e. The molecule has 2 aromatic rings. The minimum atomic E-state index is -2.97. The highest BCUT2D eigenvalue weighted by molar-refractivity contribution is 5.66. The van der Waals surface area contributed by atoms with Gasteiger partial charge in [0.15, 0.2) is 5.82 Å². The van der Waals surface area contributed by atoms with Crippen LogP contribution >= 0.6 is 0 Å². The quantitative estimate of drug-likeness (QED) is 0.520. The third kappa shape index (κ3) is 1.65. The lowest BCUT2D eigenvalue weighted by atomic mass is 9.92. The second-order valence-corrected chi connectivity index (χ2v) is 4.94. The van der Waals surface area contributed by atoms with Crippen LogP contribution in [0.15, 0.2) is 18.5 Å². The summed E-state index contributed by atoms with van der Waals surface area (Å²) in [4.78, 5) is 3.77. The summed E-state index contributed by atoms with van der Waals surface area (Å²) >= 11 is 0. The highest BCUT2D eigenvalue weighted by Gasteiger charge is 2.65. The van der Waals surface area contributed by atoms with Gasteiger partial charge in [-0.2, -0.15) is 10.4 Å². The molecule has 0 unspecified atom stereocenters. The van der Waals surface area contributed by atoms with Crippen LogP contribution in [0.25, 0.3) is 5.52 Å². The van der Waals surface area contributed by atoms with Crippen LogP contribution in [0, 0.1) is 11.3 Å². The zero-order valence-electron chi connectivity index (χ0n) is 11.1. The molecule has 3 rings (SSSR count). The zero-order valence-corrected chi connectivity index (χ0v) is 11.1. The summed E-state index contributed by atoms with van der Waals surface area (Å²) < 4.78 is 20.4. The van der Waals surface area contributed by atoms with Crippen LogP contribution in [0.2, 0.25) is 0 Å². The molecule has 9 nitrogen and oxygen atoms in total. The fourth-order valence-electron chi connectivity index (χ4n) is 2.56. The summed E-state index contributed by atoms with van der Waals surface area (Å²) in [6.45, 7) is -1.23. The number of nitrogens with two attached hydrogens (primary N) is 1. The third-order valence-corrected chi connectivity index (χ3v) is 3.73. The molecule has 3 heterocycles. The van der Waals surface area contributed by atoms with Crippen molar-refractivity contribution in [2.45, 2.75) is 23.7 Å². The number of hydrogen-bond donors (Lipinski definition) is 4. The Balaban J connectivity index is 2.23. The van der Waals surface area contributed by atoms with Crippen molar-refractivity contribution in [2.75, 3.05) is 12.3 Å². The molecule has 1 aliphatic heterocycles. The number of aliphatic hydroxyl groups excluding tert-OH is 3. The van der Waals surface area contributed by atoms with Gasteiger partial charge in [-0.05, 0) is 12.1 Å². The van der Waals surface area contributed by atoms with Crippen molar-refractivity contribution in [3.05, 3.63) is 24.2 Å². The van der Waals surface area contributed by atoms with Gasteiger partial charge in [-0.3, -0.25) is 0 Å². The van der Waals surface area contributed by atoms with E-state index in [1.807, 2.05) is 0 Å². The first kappa shape index (κ1) is 14.6. The number of aromatic nitrogens is 3. The number of anilines is 1. The van der Waals surface area contributed by atoms with Gasteiger partial charge in [0.05, 0.1) is 5.69 Å². The SMILES string of the molecule is N#C[C@@]1(c2ccc3c(N)ncnn23)O[C@](F)(CO)[C@@H](O)[C@H]1O. The molecule has 1 fully saturated rings. The molecule has 10 heteroatoms. The van der Waals surface area contributed by atoms with Gasteiger partial charge >= 0.3 is 0 Å². The summed E-state index contributed by atoms with van der Waals surface area (Å²) in [7, 11) is 0. The van der Waals surface area contributed by atoms with Crippen LogP contribution in [-0.2, 0) is 10.3 Å². The summed E-state index contributed by atoms with van der Waals surface area (Å²) in [5, 5.41) is 42.3. The first-order valence-electron chi connectivity index (χ1n) is 6.25. The van der Waals surface area contributed by atoms with Gasteiger partial charge in [0, 0.05) is 0 Å². The average Bonchev–Trinajstić information content (AvgIpc) is 3.03. The average molecular weight is 309 g/mol. The number of fused-ring (bicyclic) bond motifs is 1. The number of hydrogen-bond acceptors (Lipinski definition) is 8. The second-order valence-electron chi connectivity index (χ2n) is 4.94. The standard InChI is InChI=1S/C12H12FN5O4/c13-12(4-19)9(21)8(20)11(3-14,22-12)7-2-1-6-10(15)16-5-17-18(6)7/h1-2,5,8-9,19-21H,4H2,(H2,15,16,17)/t8-,9+,11+,12-/m1/s1. The number of alkyl halides is 1. The Morgan fingerprint density at radius 2 is 2.18 bits per heavy atom. The van der Waals surface area contributed by atoms with E-state index in [-0.39, 0.29) is 11.5 Å². The highest BCUT2D eigenvalue weighted by atomic mass is 19.2. The molecule has 1 aliphatic rings. The van der Waals surface area contributed by atoms with Gasteiger partial charge in [-0.25, -0.2) is 13.9 Å². The molecule has 1 saturated heterocycles. The van der Waals surface area contributed by atoms with E-state index in [9.17, 15) is 19.9 Å². The molecule has 0 aromatic carbocycles. The third-order valence-electron chi connectivity index (χ3n) is 3.73. The molecular formula is C12H12FN5O4. The topological polar surface area (TPSA) is 150 Å². The number of nitrogen functional groups attached to an aromatic ring is 1. The van der Waals surface area contributed by atoms with Crippen molar-refractivity contribution in [1.29, 1.82) is 5.26 Å². The minimum absolute atomic E-state index is 0.0429. The predicted octanol–water partition coefficient (Wildman–Crippen LogP) is -1.56. The first-order chi connectivity index (χ1) is 10.4. The highest BCUT2D eigenvalue weighted by Crippen LogP contribution is 2.45. The molecule has 0 spiro atoms. The van der Waals surface area contributed by atoms with Gasteiger partial charge in [-0.15, -0.1) is 0 Å². The number of aliphatic hydroxyl groups is 3. The molecule has 0 bridgehead atoms. The van der Waals surface area contributed by atoms with E-state index in [4.69, 9.17) is 15.6 Å². The van der Waals surface area contributed by atoms with Crippen molar-refractivity contribution in [2.24, 2.45) is 0 Å². The summed E-state index contributed by atoms with van der Waals surface area (Å²) in [5.41, 5.74) is 3.69. The van der Waals surface area contributed by atoms with Crippen LogP contribution in [0.3, 0.4) is 0 Å². The maximum Gasteiger partial charge on any atom is 0.263 e. The Labute approximate surface area is 123 Å². The molecule has 5 N–H and O–H groups in total. The lowest BCUT2D eigenvalue weighted by Crippen LogP contribution is -2.43. The number of ether oxygens (including phenoxy) is 1. The van der Waals surface area contributed by atoms with Crippen LogP contribution in [0.4, 0.5) is 10.2 Å². The largest absolute Gasteiger partial charge is 0.390 e. The summed E-state index contributed by atoms with van der Waals surface area (Å²) in [5.74, 6) is -2.87. The molecule has 0 amide bonds. The zero-order chi connectivity index (χ0) is 16.1. The van der Waals surface area contributed by atoms with Crippen molar-refractivity contribution in [1.82, 2.24) is 14.6 Å². The second kappa shape index (κ2) is 4.59. The number of nitriles is 1. The number of rotatable bonds is 2. The molecule has 0 radical (unpaired) electrons. The summed E-state index contributed by atoms with van der Waals surface area (Å²) in [6, 6.07) is 4.47. The summed E-state index contributed by atoms with van der Waals surface area (Å²) in [6.07, 6.45) is -2.94. The van der Waals surface area contributed by atoms with Crippen molar-refractivity contribution < 1.29 is 24.4 Å². The Bertz CT molecular complexity index is 776. The van der Waals surface area contributed by atoms with E-state index < -0.39 is 30.3 Å². The molecule has 0 aliphatic carbocycles. The van der Waals surface area contributed by atoms with E-state index in [2.05, 4.69) is 10.1 Å². The van der Waals surface area contributed by atoms with Gasteiger partial charge in [0.1, 0.15) is 36.7 Å². The van der Waals surface area contributed by atoms with Gasteiger partial charge in [-0.1, -0.05) is 0 Å². The van der Waals surface area contributed by atoms with Crippen LogP contribution < -0.4 is 5.73 Å². The van der Waals surface area contributed by atoms with Gasteiger partial charge in [0.25, 0.3) is 5.85 Å². The molecule has 0 saturated carbocycles. The van der Waals surface area contributed by atoms with E-state index in [0.29, 0.717) is 5.52 Å². The fraction of sp³-hybridized carbons (Fsp3) is 0.417. The maximum atomic E-state index is 14.3. The monoisotopic (exact) mass is 309 g/mol. The van der Waals surface area contributed by atoms with E-state index in [1.165, 1.54) is 12.1 Å². The van der Waals surface area contributed by atoms with Crippen molar-refractivity contribution in [3.63, 3.8) is 0 Å². The molecule has 22 heavy (non-hydrogen) atoms. The fourth-order valence-corrected chi connectivity index (χ4v) is 2.56. The molecule has 116 valence electrons. The lowest BCUT2D eigenvalue weighted by molar-refractivity contribution is -0.212. The Morgan fingerprint density at radius 3 is 2.77 bits per heavy atom. The minimum Gasteiger partial charge on any atom is -0.390 e. The Kier molecular flexibility index (Phi) is 3.05. The lowest BCUT2D eigenvalue weighted by Gasteiger charge is -2.24. The van der Waals surface area contributed by atoms with Crippen molar-refractivity contribution in [3.8, 4) is 6.07 Å². The van der Waals surface area contributed by atoms with E-state index >= 15 is 0 Å². The number of halogens is 1. The van der Waals surface area contributed by atoms with Crippen LogP contribution in [-0.4, -0.2) is 54.6 Å². The normalized spacial score (nSPS) is 34.9. The van der Waals surface area contributed by atoms with Crippen LogP contribution in [0.1, 0.15) is 5.69 Å². The van der Waals surface area contributed by atoms with E-state index in [1.54, 1.807) is 6.07 Å². The van der Waals surface area contributed by atoms with Crippen LogP contribution in [0.5, 0.6) is 0 Å².